The van der Waals surface area contributed by atoms with Crippen molar-refractivity contribution in [2.45, 2.75) is 26.3 Å². The summed E-state index contributed by atoms with van der Waals surface area (Å²) in [7, 11) is 1.57. The minimum absolute atomic E-state index is 0.283. The Balaban J connectivity index is 2.92. The Bertz CT molecular complexity index is 514. The third-order valence-electron chi connectivity index (χ3n) is 2.85. The molecule has 0 bridgehead atoms. The Morgan fingerprint density at radius 1 is 1.30 bits per heavy atom. The smallest absolute Gasteiger partial charge is 0.329 e. The highest BCUT2D eigenvalue weighted by Crippen LogP contribution is 2.10. The van der Waals surface area contributed by atoms with Gasteiger partial charge < -0.3 is 9.64 Å². The first-order chi connectivity index (χ1) is 9.60. The van der Waals surface area contributed by atoms with Gasteiger partial charge in [-0.05, 0) is 25.3 Å². The van der Waals surface area contributed by atoms with Gasteiger partial charge in [0, 0.05) is 13.5 Å². The molecule has 1 rings (SSSR count). The second kappa shape index (κ2) is 8.00. The second-order valence-electron chi connectivity index (χ2n) is 4.25. The predicted octanol–water partition coefficient (Wildman–Crippen LogP) is 1.64. The topological polar surface area (TPSA) is 46.6 Å². The van der Waals surface area contributed by atoms with Crippen LogP contribution in [0.4, 0.5) is 0 Å². The van der Waals surface area contributed by atoms with Crippen LogP contribution in [0.1, 0.15) is 19.4 Å². The highest BCUT2D eigenvalue weighted by Gasteiger charge is 2.27. The fraction of sp³-hybridized carbons (Fsp3) is 0.375. The molecular formula is C16H19NO3. The lowest BCUT2D eigenvalue weighted by Crippen LogP contribution is -2.44. The molecular weight excluding hydrogens is 254 g/mol. The van der Waals surface area contributed by atoms with E-state index >= 15 is 0 Å². The van der Waals surface area contributed by atoms with Crippen LogP contribution >= 0.6 is 0 Å². The first-order valence-electron chi connectivity index (χ1n) is 6.50. The van der Waals surface area contributed by atoms with E-state index in [-0.39, 0.29) is 12.5 Å². The molecule has 0 fully saturated rings. The molecule has 0 radical (unpaired) electrons. The van der Waals surface area contributed by atoms with Gasteiger partial charge in [-0.3, -0.25) is 4.79 Å². The fourth-order valence-electron chi connectivity index (χ4n) is 1.79. The van der Waals surface area contributed by atoms with Crippen LogP contribution in [0.2, 0.25) is 0 Å². The van der Waals surface area contributed by atoms with E-state index in [1.807, 2.05) is 30.3 Å². The number of amides is 1. The summed E-state index contributed by atoms with van der Waals surface area (Å²) in [6, 6.07) is 8.86. The number of benzene rings is 1. The molecule has 0 spiro atoms. The van der Waals surface area contributed by atoms with Crippen molar-refractivity contribution < 1.29 is 14.3 Å². The van der Waals surface area contributed by atoms with E-state index < -0.39 is 12.0 Å². The molecule has 1 aromatic rings. The Morgan fingerprint density at radius 2 is 1.95 bits per heavy atom. The van der Waals surface area contributed by atoms with Gasteiger partial charge in [0.25, 0.3) is 5.91 Å². The Hall–Kier alpha value is -2.28. The average Bonchev–Trinajstić information content (AvgIpc) is 2.45. The van der Waals surface area contributed by atoms with Gasteiger partial charge in [-0.2, -0.15) is 0 Å². The summed E-state index contributed by atoms with van der Waals surface area (Å²) in [5, 5.41) is 0. The maximum atomic E-state index is 12.0. The third-order valence-corrected chi connectivity index (χ3v) is 2.85. The van der Waals surface area contributed by atoms with Gasteiger partial charge in [-0.15, -0.1) is 0 Å². The van der Waals surface area contributed by atoms with Crippen LogP contribution in [0.5, 0.6) is 0 Å². The molecule has 1 unspecified atom stereocenters. The zero-order valence-electron chi connectivity index (χ0n) is 12.1. The maximum absolute atomic E-state index is 12.0. The lowest BCUT2D eigenvalue weighted by Gasteiger charge is -2.24. The summed E-state index contributed by atoms with van der Waals surface area (Å²) in [6.45, 7) is 3.61. The molecule has 0 aliphatic heterocycles. The molecule has 0 heterocycles. The van der Waals surface area contributed by atoms with Gasteiger partial charge in [0.1, 0.15) is 6.04 Å². The van der Waals surface area contributed by atoms with Crippen molar-refractivity contribution in [3.8, 4) is 11.8 Å². The van der Waals surface area contributed by atoms with E-state index in [1.165, 1.54) is 4.90 Å². The van der Waals surface area contributed by atoms with E-state index in [1.54, 1.807) is 20.9 Å². The molecule has 1 aromatic carbocycles. The molecule has 1 amide bonds. The summed E-state index contributed by atoms with van der Waals surface area (Å²) in [5.41, 5.74) is 0.967. The molecule has 0 aromatic heterocycles. The van der Waals surface area contributed by atoms with E-state index in [9.17, 15) is 9.59 Å². The van der Waals surface area contributed by atoms with Crippen molar-refractivity contribution in [1.82, 2.24) is 4.90 Å². The number of esters is 1. The highest BCUT2D eigenvalue weighted by atomic mass is 16.5. The van der Waals surface area contributed by atoms with Crippen molar-refractivity contribution in [1.29, 1.82) is 0 Å². The fourth-order valence-corrected chi connectivity index (χ4v) is 1.79. The van der Waals surface area contributed by atoms with Crippen molar-refractivity contribution in [2.75, 3.05) is 13.7 Å². The minimum atomic E-state index is -0.661. The van der Waals surface area contributed by atoms with Crippen molar-refractivity contribution in [2.24, 2.45) is 0 Å². The normalized spacial score (nSPS) is 10.9. The van der Waals surface area contributed by atoms with Crippen molar-refractivity contribution in [3.05, 3.63) is 35.9 Å². The molecule has 4 heteroatoms. The van der Waals surface area contributed by atoms with E-state index in [0.29, 0.717) is 6.42 Å². The molecule has 0 aliphatic rings. The van der Waals surface area contributed by atoms with Gasteiger partial charge in [0.15, 0.2) is 0 Å². The van der Waals surface area contributed by atoms with E-state index in [4.69, 9.17) is 4.74 Å². The summed E-state index contributed by atoms with van der Waals surface area (Å²) < 4.78 is 5.04. The van der Waals surface area contributed by atoms with Crippen LogP contribution in [-0.2, 0) is 20.7 Å². The van der Waals surface area contributed by atoms with E-state index in [2.05, 4.69) is 11.8 Å². The quantitative estimate of drug-likeness (QED) is 0.605. The molecule has 0 aliphatic carbocycles. The number of ether oxygens (including phenoxy) is 1. The molecule has 0 saturated heterocycles. The number of hydrogen-bond acceptors (Lipinski definition) is 3. The number of carbonyl (C=O) groups excluding carboxylic acids is 2. The van der Waals surface area contributed by atoms with Crippen molar-refractivity contribution in [3.63, 3.8) is 0 Å². The summed E-state index contributed by atoms with van der Waals surface area (Å²) in [6.07, 6.45) is 0.410. The van der Waals surface area contributed by atoms with Crippen LogP contribution in [0.3, 0.4) is 0 Å². The molecule has 20 heavy (non-hydrogen) atoms. The number of nitrogens with zero attached hydrogens (tertiary/aromatic N) is 1. The van der Waals surface area contributed by atoms with Gasteiger partial charge >= 0.3 is 5.97 Å². The number of rotatable bonds is 5. The first kappa shape index (κ1) is 15.8. The maximum Gasteiger partial charge on any atom is 0.329 e. The second-order valence-corrected chi connectivity index (χ2v) is 4.25. The monoisotopic (exact) mass is 273 g/mol. The predicted molar refractivity (Wildman–Crippen MR) is 76.8 cm³/mol. The Kier molecular flexibility index (Phi) is 6.31. The standard InChI is InChI=1S/C16H19NO3/c1-4-9-15(18)17(3)14(16(19)20-5-2)12-13-10-7-6-8-11-13/h6-8,10-11,14H,5,12H2,1-3H3. The number of hydrogen-bond donors (Lipinski definition) is 0. The lowest BCUT2D eigenvalue weighted by molar-refractivity contribution is -0.152. The van der Waals surface area contributed by atoms with Crippen LogP contribution in [0, 0.1) is 11.8 Å². The van der Waals surface area contributed by atoms with Gasteiger partial charge in [0.05, 0.1) is 6.61 Å². The van der Waals surface area contributed by atoms with Crippen molar-refractivity contribution >= 4 is 11.9 Å². The Labute approximate surface area is 119 Å². The van der Waals surface area contributed by atoms with Crippen LogP contribution in [0.15, 0.2) is 30.3 Å². The minimum Gasteiger partial charge on any atom is -0.464 e. The summed E-state index contributed by atoms with van der Waals surface area (Å²) in [4.78, 5) is 25.2. The number of likely N-dealkylation sites (N-methyl/N-ethyl adjacent to an activating group) is 1. The third kappa shape index (κ3) is 4.43. The van der Waals surface area contributed by atoms with Crippen LogP contribution in [-0.4, -0.2) is 36.5 Å². The Morgan fingerprint density at radius 3 is 2.50 bits per heavy atom. The molecule has 1 atom stereocenters. The zero-order valence-corrected chi connectivity index (χ0v) is 12.1. The molecule has 4 nitrogen and oxygen atoms in total. The van der Waals surface area contributed by atoms with Crippen LogP contribution in [0.25, 0.3) is 0 Å². The van der Waals surface area contributed by atoms with Gasteiger partial charge in [-0.25, -0.2) is 4.79 Å². The average molecular weight is 273 g/mol. The van der Waals surface area contributed by atoms with Gasteiger partial charge in [0.2, 0.25) is 0 Å². The lowest BCUT2D eigenvalue weighted by atomic mass is 10.0. The largest absolute Gasteiger partial charge is 0.464 e. The highest BCUT2D eigenvalue weighted by molar-refractivity contribution is 5.96. The molecule has 0 N–H and O–H groups in total. The zero-order chi connectivity index (χ0) is 15.0. The number of carbonyl (C=O) groups is 2. The van der Waals surface area contributed by atoms with Crippen LogP contribution < -0.4 is 0 Å². The summed E-state index contributed by atoms with van der Waals surface area (Å²) in [5.74, 6) is 4.18. The molecule has 106 valence electrons. The first-order valence-corrected chi connectivity index (χ1v) is 6.50. The van der Waals surface area contributed by atoms with Gasteiger partial charge in [-0.1, -0.05) is 36.3 Å². The van der Waals surface area contributed by atoms with E-state index in [0.717, 1.165) is 5.56 Å². The molecule has 0 saturated carbocycles. The summed E-state index contributed by atoms with van der Waals surface area (Å²) >= 11 is 0. The SMILES string of the molecule is CC#CC(=O)N(C)C(Cc1ccccc1)C(=O)OCC.